The maximum Gasteiger partial charge on any atom is 0.339 e. The molecule has 0 saturated heterocycles. The molecule has 1 aromatic carbocycles. The molecule has 1 heterocycles. The minimum absolute atomic E-state index is 0.123. The van der Waals surface area contributed by atoms with Crippen LogP contribution in [0.2, 0.25) is 10.0 Å². The first-order valence-corrected chi connectivity index (χ1v) is 5.67. The lowest BCUT2D eigenvalue weighted by molar-refractivity contribution is 0.0601. The van der Waals surface area contributed by atoms with E-state index in [0.717, 1.165) is 0 Å². The zero-order valence-electron chi connectivity index (χ0n) is 9.53. The summed E-state index contributed by atoms with van der Waals surface area (Å²) in [4.78, 5) is 11.5. The number of hydrogen-bond donors (Lipinski definition) is 0. The molecule has 0 amide bonds. The normalized spacial score (nSPS) is 10.4. The molecule has 0 N–H and O–H groups in total. The number of methoxy groups -OCH3 is 1. The van der Waals surface area contributed by atoms with Crippen LogP contribution in [-0.2, 0) is 4.74 Å². The van der Waals surface area contributed by atoms with Crippen LogP contribution in [0.15, 0.2) is 16.5 Å². The van der Waals surface area contributed by atoms with Crippen LogP contribution in [-0.4, -0.2) is 23.3 Å². The van der Waals surface area contributed by atoms with Gasteiger partial charge in [0.15, 0.2) is 0 Å². The summed E-state index contributed by atoms with van der Waals surface area (Å²) >= 11 is 12.1. The predicted molar refractivity (Wildman–Crippen MR) is 65.8 cm³/mol. The van der Waals surface area contributed by atoms with Crippen LogP contribution in [0.25, 0.3) is 11.5 Å². The highest BCUT2D eigenvalue weighted by molar-refractivity contribution is 6.40. The van der Waals surface area contributed by atoms with E-state index in [-0.39, 0.29) is 16.5 Å². The van der Waals surface area contributed by atoms with Crippen molar-refractivity contribution in [1.82, 2.24) is 10.2 Å². The number of esters is 1. The van der Waals surface area contributed by atoms with E-state index in [4.69, 9.17) is 27.6 Å². The summed E-state index contributed by atoms with van der Waals surface area (Å²) in [7, 11) is 1.27. The van der Waals surface area contributed by atoms with Crippen LogP contribution in [0.5, 0.6) is 0 Å². The molecule has 0 spiro atoms. The fraction of sp³-hybridized carbons (Fsp3) is 0.182. The molecule has 0 aliphatic heterocycles. The number of carbonyl (C=O) groups is 1. The molecule has 0 aliphatic rings. The second-order valence-corrected chi connectivity index (χ2v) is 4.19. The molecular weight excluding hydrogens is 279 g/mol. The van der Waals surface area contributed by atoms with Crippen LogP contribution >= 0.6 is 23.2 Å². The number of rotatable bonds is 2. The van der Waals surface area contributed by atoms with Gasteiger partial charge in [-0.15, -0.1) is 10.2 Å². The highest BCUT2D eigenvalue weighted by atomic mass is 35.5. The first kappa shape index (κ1) is 12.9. The first-order valence-electron chi connectivity index (χ1n) is 4.91. The van der Waals surface area contributed by atoms with Crippen molar-refractivity contribution in [3.63, 3.8) is 0 Å². The van der Waals surface area contributed by atoms with Gasteiger partial charge in [-0.3, -0.25) is 0 Å². The first-order chi connectivity index (χ1) is 8.54. The molecule has 2 rings (SSSR count). The Kier molecular flexibility index (Phi) is 3.54. The minimum Gasteiger partial charge on any atom is -0.465 e. The van der Waals surface area contributed by atoms with E-state index in [1.54, 1.807) is 6.92 Å². The number of carbonyl (C=O) groups excluding carboxylic acids is 1. The molecule has 0 radical (unpaired) electrons. The zero-order valence-corrected chi connectivity index (χ0v) is 11.0. The number of nitrogens with zero attached hydrogens (tertiary/aromatic N) is 2. The Labute approximate surface area is 113 Å². The third-order valence-electron chi connectivity index (χ3n) is 2.24. The van der Waals surface area contributed by atoms with Crippen LogP contribution in [0.3, 0.4) is 0 Å². The summed E-state index contributed by atoms with van der Waals surface area (Å²) in [5, 5.41) is 7.96. The highest BCUT2D eigenvalue weighted by Gasteiger charge is 2.21. The monoisotopic (exact) mass is 286 g/mol. The second-order valence-electron chi connectivity index (χ2n) is 3.40. The van der Waals surface area contributed by atoms with Gasteiger partial charge in [-0.05, 0) is 12.1 Å². The van der Waals surface area contributed by atoms with Crippen molar-refractivity contribution in [2.45, 2.75) is 6.92 Å². The van der Waals surface area contributed by atoms with Crippen LogP contribution < -0.4 is 0 Å². The lowest BCUT2D eigenvalue weighted by Gasteiger charge is -2.07. The van der Waals surface area contributed by atoms with Crippen molar-refractivity contribution in [2.24, 2.45) is 0 Å². The molecule has 7 heteroatoms. The van der Waals surface area contributed by atoms with Crippen LogP contribution in [0, 0.1) is 6.92 Å². The number of aromatic nitrogens is 2. The van der Waals surface area contributed by atoms with Crippen molar-refractivity contribution in [2.75, 3.05) is 7.11 Å². The average molecular weight is 287 g/mol. The number of aryl methyl sites for hydroxylation is 1. The zero-order chi connectivity index (χ0) is 13.3. The molecule has 0 unspecified atom stereocenters. The third kappa shape index (κ3) is 2.19. The molecule has 5 nitrogen and oxygen atoms in total. The maximum atomic E-state index is 11.5. The molecular formula is C11H8Cl2N2O3. The van der Waals surface area contributed by atoms with Gasteiger partial charge >= 0.3 is 5.97 Å². The largest absolute Gasteiger partial charge is 0.465 e. The van der Waals surface area contributed by atoms with Crippen molar-refractivity contribution in [3.8, 4) is 11.5 Å². The quantitative estimate of drug-likeness (QED) is 0.794. The number of hydrogen-bond acceptors (Lipinski definition) is 5. The lowest BCUT2D eigenvalue weighted by atomic mass is 10.1. The van der Waals surface area contributed by atoms with Gasteiger partial charge in [-0.2, -0.15) is 0 Å². The summed E-state index contributed by atoms with van der Waals surface area (Å²) in [5.74, 6) is -0.0250. The highest BCUT2D eigenvalue weighted by Crippen LogP contribution is 2.36. The fourth-order valence-electron chi connectivity index (χ4n) is 1.41. The Morgan fingerprint density at radius 3 is 2.61 bits per heavy atom. The minimum atomic E-state index is -0.561. The van der Waals surface area contributed by atoms with Gasteiger partial charge in [-0.1, -0.05) is 23.2 Å². The average Bonchev–Trinajstić information content (AvgIpc) is 2.75. The standard InChI is InChI=1S/C11H8Cl2N2O3/c1-5-14-15-10(18-5)8-7(12)4-3-6(9(8)13)11(16)17-2/h3-4H,1-2H3. The molecule has 1 aromatic heterocycles. The molecule has 18 heavy (non-hydrogen) atoms. The van der Waals surface area contributed by atoms with E-state index < -0.39 is 5.97 Å². The summed E-state index contributed by atoms with van der Waals surface area (Å²) in [6, 6.07) is 3.00. The smallest absolute Gasteiger partial charge is 0.339 e. The van der Waals surface area contributed by atoms with E-state index in [1.807, 2.05) is 0 Å². The molecule has 0 atom stereocenters. The molecule has 0 bridgehead atoms. The van der Waals surface area contributed by atoms with Crippen LogP contribution in [0.1, 0.15) is 16.2 Å². The molecule has 94 valence electrons. The molecule has 0 fully saturated rings. The second kappa shape index (κ2) is 4.96. The third-order valence-corrected chi connectivity index (χ3v) is 2.94. The Hall–Kier alpha value is -1.59. The van der Waals surface area contributed by atoms with Gasteiger partial charge in [0.1, 0.15) is 0 Å². The van der Waals surface area contributed by atoms with Gasteiger partial charge in [0.25, 0.3) is 5.89 Å². The van der Waals surface area contributed by atoms with Crippen molar-refractivity contribution >= 4 is 29.2 Å². The number of ether oxygens (including phenoxy) is 1. The van der Waals surface area contributed by atoms with E-state index >= 15 is 0 Å². The molecule has 0 aliphatic carbocycles. The number of halogens is 2. The van der Waals surface area contributed by atoms with Crippen molar-refractivity contribution in [1.29, 1.82) is 0 Å². The predicted octanol–water partition coefficient (Wildman–Crippen LogP) is 3.14. The topological polar surface area (TPSA) is 65.2 Å². The summed E-state index contributed by atoms with van der Waals surface area (Å²) in [5.41, 5.74) is 0.510. The van der Waals surface area contributed by atoms with Gasteiger partial charge < -0.3 is 9.15 Å². The van der Waals surface area contributed by atoms with Gasteiger partial charge in [-0.25, -0.2) is 4.79 Å². The summed E-state index contributed by atoms with van der Waals surface area (Å²) in [6.45, 7) is 1.64. The van der Waals surface area contributed by atoms with Crippen molar-refractivity contribution < 1.29 is 13.9 Å². The van der Waals surface area contributed by atoms with E-state index in [0.29, 0.717) is 16.5 Å². The SMILES string of the molecule is COC(=O)c1ccc(Cl)c(-c2nnc(C)o2)c1Cl. The van der Waals surface area contributed by atoms with E-state index in [1.165, 1.54) is 19.2 Å². The lowest BCUT2D eigenvalue weighted by Crippen LogP contribution is -2.03. The maximum absolute atomic E-state index is 11.5. The summed E-state index contributed by atoms with van der Waals surface area (Å²) in [6.07, 6.45) is 0. The van der Waals surface area contributed by atoms with Gasteiger partial charge in [0.05, 0.1) is 28.3 Å². The molecule has 0 saturated carbocycles. The van der Waals surface area contributed by atoms with Gasteiger partial charge in [0.2, 0.25) is 5.89 Å². The van der Waals surface area contributed by atoms with E-state index in [9.17, 15) is 4.79 Å². The Balaban J connectivity index is 2.63. The van der Waals surface area contributed by atoms with Crippen LogP contribution in [0.4, 0.5) is 0 Å². The van der Waals surface area contributed by atoms with Gasteiger partial charge in [0, 0.05) is 6.92 Å². The fourth-order valence-corrected chi connectivity index (χ4v) is 2.02. The summed E-state index contributed by atoms with van der Waals surface area (Å²) < 4.78 is 9.88. The van der Waals surface area contributed by atoms with E-state index in [2.05, 4.69) is 14.9 Å². The Bertz CT molecular complexity index is 610. The van der Waals surface area contributed by atoms with Crippen molar-refractivity contribution in [3.05, 3.63) is 33.6 Å². The number of benzene rings is 1. The Morgan fingerprint density at radius 1 is 1.33 bits per heavy atom. The molecule has 2 aromatic rings. The Morgan fingerprint density at radius 2 is 2.06 bits per heavy atom.